The second kappa shape index (κ2) is 5.92. The standard InChI is InChI=1S/C19H19N3O2/c1-19(2,3)14-9-7-13(8-10-14)17(23)21-15-12-20-16-6-4-5-11-22(16)18(15)24/h4-12H,1-3H3,(H,21,23). The van der Waals surface area contributed by atoms with E-state index in [2.05, 4.69) is 31.1 Å². The van der Waals surface area contributed by atoms with Gasteiger partial charge in [0.25, 0.3) is 11.5 Å². The first-order valence-corrected chi connectivity index (χ1v) is 7.74. The van der Waals surface area contributed by atoms with Gasteiger partial charge >= 0.3 is 0 Å². The summed E-state index contributed by atoms with van der Waals surface area (Å²) in [6.07, 6.45) is 3.01. The summed E-state index contributed by atoms with van der Waals surface area (Å²) in [5, 5.41) is 2.64. The lowest BCUT2D eigenvalue weighted by Crippen LogP contribution is -2.23. The zero-order chi connectivity index (χ0) is 17.3. The number of anilines is 1. The predicted molar refractivity (Wildman–Crippen MR) is 94.6 cm³/mol. The molecule has 2 aromatic heterocycles. The Labute approximate surface area is 140 Å². The van der Waals surface area contributed by atoms with Crippen LogP contribution in [0.2, 0.25) is 0 Å². The van der Waals surface area contributed by atoms with Crippen molar-refractivity contribution in [1.82, 2.24) is 9.38 Å². The number of carbonyl (C=O) groups is 1. The van der Waals surface area contributed by atoms with Crippen molar-refractivity contribution in [3.05, 3.63) is 76.3 Å². The number of hydrogen-bond acceptors (Lipinski definition) is 3. The van der Waals surface area contributed by atoms with Crippen LogP contribution in [0.4, 0.5) is 5.69 Å². The number of rotatable bonds is 2. The lowest BCUT2D eigenvalue weighted by atomic mass is 9.87. The second-order valence-corrected chi connectivity index (χ2v) is 6.69. The van der Waals surface area contributed by atoms with Gasteiger partial charge < -0.3 is 5.32 Å². The SMILES string of the molecule is CC(C)(C)c1ccc(C(=O)Nc2cnc3ccccn3c2=O)cc1. The normalized spacial score (nSPS) is 11.5. The maximum absolute atomic E-state index is 12.4. The third kappa shape index (κ3) is 3.06. The van der Waals surface area contributed by atoms with Crippen LogP contribution in [0.15, 0.2) is 59.7 Å². The van der Waals surface area contributed by atoms with E-state index in [4.69, 9.17) is 0 Å². The summed E-state index contributed by atoms with van der Waals surface area (Å²) in [5.74, 6) is -0.328. The summed E-state index contributed by atoms with van der Waals surface area (Å²) >= 11 is 0. The van der Waals surface area contributed by atoms with Crippen LogP contribution in [0.1, 0.15) is 36.7 Å². The second-order valence-electron chi connectivity index (χ2n) is 6.69. The Kier molecular flexibility index (Phi) is 3.93. The molecule has 5 heteroatoms. The van der Waals surface area contributed by atoms with E-state index in [0.717, 1.165) is 5.56 Å². The molecule has 0 bridgehead atoms. The van der Waals surface area contributed by atoms with Gasteiger partial charge in [0.1, 0.15) is 11.3 Å². The van der Waals surface area contributed by atoms with Crippen LogP contribution in [-0.4, -0.2) is 15.3 Å². The fourth-order valence-corrected chi connectivity index (χ4v) is 2.43. The maximum atomic E-state index is 12.4. The van der Waals surface area contributed by atoms with E-state index in [1.165, 1.54) is 10.6 Å². The first kappa shape index (κ1) is 15.9. The number of pyridine rings is 1. The molecule has 0 unspecified atom stereocenters. The van der Waals surface area contributed by atoms with E-state index in [1.807, 2.05) is 12.1 Å². The first-order chi connectivity index (χ1) is 11.4. The molecule has 1 N–H and O–H groups in total. The van der Waals surface area contributed by atoms with Crippen LogP contribution in [0, 0.1) is 0 Å². The molecule has 3 rings (SSSR count). The molecular formula is C19H19N3O2. The smallest absolute Gasteiger partial charge is 0.281 e. The molecule has 0 radical (unpaired) electrons. The number of nitrogens with zero attached hydrogens (tertiary/aromatic N) is 2. The van der Waals surface area contributed by atoms with Crippen LogP contribution in [0.25, 0.3) is 5.65 Å². The lowest BCUT2D eigenvalue weighted by molar-refractivity contribution is 0.102. The third-order valence-electron chi connectivity index (χ3n) is 3.87. The van der Waals surface area contributed by atoms with E-state index in [1.54, 1.807) is 36.5 Å². The third-order valence-corrected chi connectivity index (χ3v) is 3.87. The van der Waals surface area contributed by atoms with E-state index in [9.17, 15) is 9.59 Å². The molecule has 0 fully saturated rings. The summed E-state index contributed by atoms with van der Waals surface area (Å²) in [7, 11) is 0. The zero-order valence-corrected chi connectivity index (χ0v) is 13.9. The summed E-state index contributed by atoms with van der Waals surface area (Å²) in [6, 6.07) is 12.7. The van der Waals surface area contributed by atoms with Gasteiger partial charge in [-0.05, 0) is 35.2 Å². The molecule has 24 heavy (non-hydrogen) atoms. The van der Waals surface area contributed by atoms with Gasteiger partial charge in [0.15, 0.2) is 0 Å². The molecule has 122 valence electrons. The molecule has 5 nitrogen and oxygen atoms in total. The van der Waals surface area contributed by atoms with Crippen molar-refractivity contribution in [2.45, 2.75) is 26.2 Å². The number of nitrogens with one attached hydrogen (secondary N) is 1. The van der Waals surface area contributed by atoms with Gasteiger partial charge in [0.05, 0.1) is 6.20 Å². The highest BCUT2D eigenvalue weighted by atomic mass is 16.2. The highest BCUT2D eigenvalue weighted by molar-refractivity contribution is 6.04. The Morgan fingerprint density at radius 3 is 2.46 bits per heavy atom. The fourth-order valence-electron chi connectivity index (χ4n) is 2.43. The van der Waals surface area contributed by atoms with Crippen molar-refractivity contribution in [2.24, 2.45) is 0 Å². The van der Waals surface area contributed by atoms with Crippen molar-refractivity contribution < 1.29 is 4.79 Å². The molecule has 0 aliphatic carbocycles. The van der Waals surface area contributed by atoms with Gasteiger partial charge in [0.2, 0.25) is 0 Å². The molecule has 2 heterocycles. The van der Waals surface area contributed by atoms with Gasteiger partial charge in [-0.1, -0.05) is 39.0 Å². The van der Waals surface area contributed by atoms with Crippen molar-refractivity contribution in [3.8, 4) is 0 Å². The van der Waals surface area contributed by atoms with Crippen LogP contribution in [0.3, 0.4) is 0 Å². The van der Waals surface area contributed by atoms with E-state index in [-0.39, 0.29) is 22.6 Å². The summed E-state index contributed by atoms with van der Waals surface area (Å²) in [5.41, 5.74) is 2.06. The Balaban J connectivity index is 1.87. The van der Waals surface area contributed by atoms with Crippen LogP contribution in [-0.2, 0) is 5.41 Å². The van der Waals surface area contributed by atoms with Crippen LogP contribution < -0.4 is 10.9 Å². The van der Waals surface area contributed by atoms with Crippen molar-refractivity contribution in [3.63, 3.8) is 0 Å². The minimum absolute atomic E-state index is 0.0239. The van der Waals surface area contributed by atoms with Crippen molar-refractivity contribution in [1.29, 1.82) is 0 Å². The van der Waals surface area contributed by atoms with Crippen LogP contribution in [0.5, 0.6) is 0 Å². The molecule has 0 saturated carbocycles. The van der Waals surface area contributed by atoms with Crippen molar-refractivity contribution in [2.75, 3.05) is 5.32 Å². The Morgan fingerprint density at radius 1 is 1.08 bits per heavy atom. The Bertz CT molecular complexity index is 951. The minimum Gasteiger partial charge on any atom is -0.316 e. The van der Waals surface area contributed by atoms with Gasteiger partial charge in [-0.25, -0.2) is 4.98 Å². The average Bonchev–Trinajstić information content (AvgIpc) is 2.57. The fraction of sp³-hybridized carbons (Fsp3) is 0.211. The van der Waals surface area contributed by atoms with Gasteiger partial charge in [-0.2, -0.15) is 0 Å². The summed E-state index contributed by atoms with van der Waals surface area (Å²) < 4.78 is 1.40. The molecule has 1 amide bonds. The van der Waals surface area contributed by atoms with E-state index in [0.29, 0.717) is 11.2 Å². The van der Waals surface area contributed by atoms with Gasteiger partial charge in [-0.15, -0.1) is 0 Å². The van der Waals surface area contributed by atoms with E-state index < -0.39 is 0 Å². The molecule has 0 aliphatic heterocycles. The number of aromatic nitrogens is 2. The quantitative estimate of drug-likeness (QED) is 0.788. The summed E-state index contributed by atoms with van der Waals surface area (Å²) in [6.45, 7) is 6.34. The van der Waals surface area contributed by atoms with Crippen molar-refractivity contribution >= 4 is 17.2 Å². The molecule has 0 aliphatic rings. The molecule has 1 aromatic carbocycles. The molecule has 0 atom stereocenters. The van der Waals surface area contributed by atoms with E-state index >= 15 is 0 Å². The molecule has 0 saturated heterocycles. The topological polar surface area (TPSA) is 63.5 Å². The van der Waals surface area contributed by atoms with Crippen LogP contribution >= 0.6 is 0 Å². The monoisotopic (exact) mass is 321 g/mol. The Hall–Kier alpha value is -2.95. The largest absolute Gasteiger partial charge is 0.316 e. The number of hydrogen-bond donors (Lipinski definition) is 1. The highest BCUT2D eigenvalue weighted by Crippen LogP contribution is 2.22. The Morgan fingerprint density at radius 2 is 1.79 bits per heavy atom. The number of amides is 1. The number of fused-ring (bicyclic) bond motifs is 1. The minimum atomic E-state index is -0.328. The number of benzene rings is 1. The highest BCUT2D eigenvalue weighted by Gasteiger charge is 2.15. The zero-order valence-electron chi connectivity index (χ0n) is 13.9. The number of carbonyl (C=O) groups excluding carboxylic acids is 1. The summed E-state index contributed by atoms with van der Waals surface area (Å²) in [4.78, 5) is 28.9. The van der Waals surface area contributed by atoms with Gasteiger partial charge in [0, 0.05) is 11.8 Å². The maximum Gasteiger partial charge on any atom is 0.281 e. The first-order valence-electron chi connectivity index (χ1n) is 7.74. The van der Waals surface area contributed by atoms with Gasteiger partial charge in [-0.3, -0.25) is 14.0 Å². The molecule has 0 spiro atoms. The molecular weight excluding hydrogens is 302 g/mol. The predicted octanol–water partition coefficient (Wildman–Crippen LogP) is 3.24. The lowest BCUT2D eigenvalue weighted by Gasteiger charge is -2.19. The average molecular weight is 321 g/mol. The molecule has 3 aromatic rings.